The number of anilines is 1. The van der Waals surface area contributed by atoms with Crippen LogP contribution in [0.25, 0.3) is 11.2 Å². The highest BCUT2D eigenvalue weighted by atomic mass is 16.3. The van der Waals surface area contributed by atoms with Crippen molar-refractivity contribution in [1.82, 2.24) is 19.5 Å². The van der Waals surface area contributed by atoms with Crippen molar-refractivity contribution in [2.75, 3.05) is 5.32 Å². The Labute approximate surface area is 127 Å². The maximum absolute atomic E-state index is 12.3. The van der Waals surface area contributed by atoms with Gasteiger partial charge in [0.2, 0.25) is 5.95 Å². The number of aromatic nitrogens is 4. The maximum Gasteiger partial charge on any atom is 0.283 e. The summed E-state index contributed by atoms with van der Waals surface area (Å²) in [4.78, 5) is 23.3. The van der Waals surface area contributed by atoms with Crippen LogP contribution in [0.5, 0.6) is 0 Å². The summed E-state index contributed by atoms with van der Waals surface area (Å²) in [5, 5.41) is 23.6. The quantitative estimate of drug-likeness (QED) is 0.605. The van der Waals surface area contributed by atoms with E-state index in [9.17, 15) is 15.0 Å². The Morgan fingerprint density at radius 1 is 1.50 bits per heavy atom. The van der Waals surface area contributed by atoms with Crippen LogP contribution in [-0.4, -0.2) is 41.9 Å². The highest BCUT2D eigenvalue weighted by molar-refractivity contribution is 5.70. The zero-order valence-electron chi connectivity index (χ0n) is 12.5. The first-order chi connectivity index (χ1) is 10.6. The lowest BCUT2D eigenvalue weighted by Crippen LogP contribution is -2.44. The highest BCUT2D eigenvalue weighted by Crippen LogP contribution is 2.26. The predicted molar refractivity (Wildman–Crippen MR) is 81.6 cm³/mol. The third-order valence-electron chi connectivity index (χ3n) is 4.14. The monoisotopic (exact) mass is 307 g/mol. The fraction of sp³-hybridized carbons (Fsp3) is 0.643. The van der Waals surface area contributed by atoms with E-state index in [1.165, 1.54) is 10.9 Å². The summed E-state index contributed by atoms with van der Waals surface area (Å²) in [6, 6.07) is -0.324. The van der Waals surface area contributed by atoms with Crippen LogP contribution in [0.15, 0.2) is 11.1 Å². The maximum atomic E-state index is 12.3. The number of aromatic amines is 1. The summed E-state index contributed by atoms with van der Waals surface area (Å²) in [6.07, 6.45) is 3.82. The number of aliphatic hydroxyl groups excluding tert-OH is 2. The Hall–Kier alpha value is -1.93. The first-order valence-electron chi connectivity index (χ1n) is 7.70. The van der Waals surface area contributed by atoms with Crippen molar-refractivity contribution in [3.8, 4) is 0 Å². The van der Waals surface area contributed by atoms with E-state index in [1.54, 1.807) is 0 Å². The van der Waals surface area contributed by atoms with Crippen molar-refractivity contribution in [3.63, 3.8) is 0 Å². The van der Waals surface area contributed by atoms with Crippen molar-refractivity contribution in [1.29, 1.82) is 0 Å². The minimum Gasteiger partial charge on any atom is -0.391 e. The fourth-order valence-corrected chi connectivity index (χ4v) is 2.89. The summed E-state index contributed by atoms with van der Waals surface area (Å²) >= 11 is 0. The number of rotatable bonds is 5. The van der Waals surface area contributed by atoms with Gasteiger partial charge in [0.15, 0.2) is 11.2 Å². The van der Waals surface area contributed by atoms with E-state index in [1.807, 2.05) is 0 Å². The van der Waals surface area contributed by atoms with Crippen molar-refractivity contribution >= 4 is 17.1 Å². The molecule has 0 spiro atoms. The van der Waals surface area contributed by atoms with E-state index in [0.717, 1.165) is 19.3 Å². The second-order valence-electron chi connectivity index (χ2n) is 5.74. The molecule has 1 aliphatic heterocycles. The van der Waals surface area contributed by atoms with E-state index in [2.05, 4.69) is 27.2 Å². The van der Waals surface area contributed by atoms with Gasteiger partial charge >= 0.3 is 0 Å². The summed E-state index contributed by atoms with van der Waals surface area (Å²) in [5.74, 6) is 0.253. The first kappa shape index (κ1) is 15.0. The lowest BCUT2D eigenvalue weighted by Gasteiger charge is -2.33. The Morgan fingerprint density at radius 2 is 2.32 bits per heavy atom. The molecule has 0 fully saturated rings. The Morgan fingerprint density at radius 3 is 3.09 bits per heavy atom. The van der Waals surface area contributed by atoms with Gasteiger partial charge in [-0.3, -0.25) is 4.79 Å². The number of imidazole rings is 1. The Bertz CT molecular complexity index is 710. The van der Waals surface area contributed by atoms with Crippen molar-refractivity contribution in [2.24, 2.45) is 0 Å². The summed E-state index contributed by atoms with van der Waals surface area (Å²) in [6.45, 7) is 2.11. The number of fused-ring (bicyclic) bond motifs is 2. The Kier molecular flexibility index (Phi) is 4.12. The minimum atomic E-state index is -1.00. The van der Waals surface area contributed by atoms with Gasteiger partial charge in [-0.1, -0.05) is 26.2 Å². The van der Waals surface area contributed by atoms with E-state index in [4.69, 9.17) is 0 Å². The smallest absolute Gasteiger partial charge is 0.283 e. The molecule has 2 aromatic rings. The molecule has 0 aliphatic carbocycles. The normalized spacial score (nSPS) is 22.3. The molecule has 0 unspecified atom stereocenters. The standard InChI is InChI=1S/C14H21N5O3/c1-2-3-4-5-9(20)8-6-10(21)19-13(22)11-12(16-7-15-11)18-14(19)17-8/h7-10,20-21H,2-6H2,1H3,(H,15,16)(H,17,18)/t8-,9-,10+/m1/s1. The second kappa shape index (κ2) is 6.05. The molecule has 8 heteroatoms. The molecule has 0 saturated heterocycles. The average molecular weight is 307 g/mol. The largest absolute Gasteiger partial charge is 0.391 e. The number of nitrogens with zero attached hydrogens (tertiary/aromatic N) is 3. The molecule has 2 aromatic heterocycles. The molecule has 3 rings (SSSR count). The van der Waals surface area contributed by atoms with E-state index in [0.29, 0.717) is 12.1 Å². The molecule has 22 heavy (non-hydrogen) atoms. The highest BCUT2D eigenvalue weighted by Gasteiger charge is 2.31. The van der Waals surface area contributed by atoms with Gasteiger partial charge in [-0.15, -0.1) is 0 Å². The van der Waals surface area contributed by atoms with Crippen LogP contribution in [0, 0.1) is 0 Å². The Balaban J connectivity index is 1.86. The fourth-order valence-electron chi connectivity index (χ4n) is 2.89. The third kappa shape index (κ3) is 2.59. The van der Waals surface area contributed by atoms with Crippen LogP contribution in [-0.2, 0) is 0 Å². The number of H-pyrrole nitrogens is 1. The molecule has 3 heterocycles. The zero-order valence-corrected chi connectivity index (χ0v) is 12.5. The van der Waals surface area contributed by atoms with Gasteiger partial charge in [0.25, 0.3) is 5.56 Å². The van der Waals surface area contributed by atoms with Crippen molar-refractivity contribution < 1.29 is 10.2 Å². The number of hydrogen-bond donors (Lipinski definition) is 4. The van der Waals surface area contributed by atoms with Crippen LogP contribution >= 0.6 is 0 Å². The van der Waals surface area contributed by atoms with Crippen LogP contribution in [0.4, 0.5) is 5.95 Å². The average Bonchev–Trinajstić information content (AvgIpc) is 2.95. The predicted octanol–water partition coefficient (Wildman–Crippen LogP) is 0.736. The number of unbranched alkanes of at least 4 members (excludes halogenated alkanes) is 2. The molecule has 4 N–H and O–H groups in total. The zero-order chi connectivity index (χ0) is 15.7. The van der Waals surface area contributed by atoms with Gasteiger partial charge in [0.1, 0.15) is 6.23 Å². The van der Waals surface area contributed by atoms with Crippen LogP contribution in [0.3, 0.4) is 0 Å². The first-order valence-corrected chi connectivity index (χ1v) is 7.70. The van der Waals surface area contributed by atoms with Gasteiger partial charge in [0.05, 0.1) is 18.5 Å². The topological polar surface area (TPSA) is 116 Å². The molecule has 120 valence electrons. The number of hydrogen-bond acceptors (Lipinski definition) is 6. The van der Waals surface area contributed by atoms with Crippen molar-refractivity contribution in [2.45, 2.75) is 57.4 Å². The summed E-state index contributed by atoms with van der Waals surface area (Å²) in [5.41, 5.74) is 0.208. The molecule has 8 nitrogen and oxygen atoms in total. The molecule has 3 atom stereocenters. The molecule has 0 amide bonds. The second-order valence-corrected chi connectivity index (χ2v) is 5.74. The van der Waals surface area contributed by atoms with Crippen LogP contribution in [0.1, 0.15) is 45.3 Å². The molecular weight excluding hydrogens is 286 g/mol. The lowest BCUT2D eigenvalue weighted by atomic mass is 9.99. The summed E-state index contributed by atoms with van der Waals surface area (Å²) in [7, 11) is 0. The lowest BCUT2D eigenvalue weighted by molar-refractivity contribution is 0.0450. The number of aliphatic hydroxyl groups is 2. The van der Waals surface area contributed by atoms with Crippen molar-refractivity contribution in [3.05, 3.63) is 16.7 Å². The van der Waals surface area contributed by atoms with Crippen LogP contribution in [0.2, 0.25) is 0 Å². The molecule has 1 aliphatic rings. The molecule has 0 aromatic carbocycles. The molecule has 0 radical (unpaired) electrons. The van der Waals surface area contributed by atoms with E-state index in [-0.39, 0.29) is 29.5 Å². The van der Waals surface area contributed by atoms with Gasteiger partial charge < -0.3 is 20.5 Å². The van der Waals surface area contributed by atoms with Gasteiger partial charge in [-0.25, -0.2) is 9.55 Å². The third-order valence-corrected chi connectivity index (χ3v) is 4.14. The van der Waals surface area contributed by atoms with Gasteiger partial charge in [-0.05, 0) is 6.42 Å². The molecular formula is C14H21N5O3. The molecule has 0 saturated carbocycles. The van der Waals surface area contributed by atoms with Crippen LogP contribution < -0.4 is 10.9 Å². The minimum absolute atomic E-state index is 0.253. The SMILES string of the molecule is CCCCC[C@@H](O)[C@H]1C[C@H](O)n2c(nc3nc[nH]c3c2=O)N1. The van der Waals surface area contributed by atoms with Gasteiger partial charge in [0, 0.05) is 6.42 Å². The van der Waals surface area contributed by atoms with Gasteiger partial charge in [-0.2, -0.15) is 4.98 Å². The van der Waals surface area contributed by atoms with E-state index < -0.39 is 12.3 Å². The molecule has 0 bridgehead atoms. The number of nitrogens with one attached hydrogen (secondary N) is 2. The summed E-state index contributed by atoms with van der Waals surface area (Å²) < 4.78 is 1.20. The van der Waals surface area contributed by atoms with E-state index >= 15 is 0 Å².